The van der Waals surface area contributed by atoms with Crippen LogP contribution in [0.25, 0.3) is 10.9 Å². The molecule has 176 valence electrons. The number of aromatic nitrogens is 3. The summed E-state index contributed by atoms with van der Waals surface area (Å²) in [5.41, 5.74) is 0.432. The second kappa shape index (κ2) is 8.98. The number of hydrogen-bond donors (Lipinski definition) is 2. The lowest BCUT2D eigenvalue weighted by molar-refractivity contribution is -0.131. The molecule has 0 bridgehead atoms. The summed E-state index contributed by atoms with van der Waals surface area (Å²) in [4.78, 5) is 38.1. The van der Waals surface area contributed by atoms with Gasteiger partial charge in [0.15, 0.2) is 0 Å². The summed E-state index contributed by atoms with van der Waals surface area (Å²) in [7, 11) is 1.52. The summed E-state index contributed by atoms with van der Waals surface area (Å²) in [6.45, 7) is 0. The molecule has 1 saturated carbocycles. The number of nitrogens with one attached hydrogen (secondary N) is 2. The number of nitrogens with zero attached hydrogens (tertiary/aromatic N) is 3. The molecule has 5 rings (SSSR count). The van der Waals surface area contributed by atoms with E-state index in [1.165, 1.54) is 37.7 Å². The molecule has 2 aromatic heterocycles. The molecule has 4 aromatic rings. The Hall–Kier alpha value is -4.60. The van der Waals surface area contributed by atoms with Crippen molar-refractivity contribution in [1.29, 1.82) is 0 Å². The summed E-state index contributed by atoms with van der Waals surface area (Å²) < 4.78 is 24.1. The van der Waals surface area contributed by atoms with Gasteiger partial charge in [-0.3, -0.25) is 9.59 Å². The summed E-state index contributed by atoms with van der Waals surface area (Å²) in [6, 6.07) is 13.8. The number of rotatable bonds is 7. The number of ether oxygens (including phenoxy) is 2. The molecule has 2 N–H and O–H groups in total. The zero-order chi connectivity index (χ0) is 24.4. The third-order valence-corrected chi connectivity index (χ3v) is 5.72. The molecule has 0 spiro atoms. The van der Waals surface area contributed by atoms with Gasteiger partial charge in [-0.25, -0.2) is 19.3 Å². The minimum atomic E-state index is -1.14. The molecule has 1 aliphatic rings. The minimum absolute atomic E-state index is 0.330. The van der Waals surface area contributed by atoms with Gasteiger partial charge >= 0.3 is 0 Å². The fraction of sp³-hybridized carbons (Fsp3) is 0.160. The smallest absolute Gasteiger partial charge is 0.240 e. The molecule has 0 aliphatic heterocycles. The van der Waals surface area contributed by atoms with Crippen molar-refractivity contribution in [3.8, 4) is 17.5 Å². The third-order valence-electron chi connectivity index (χ3n) is 5.72. The first-order valence-electron chi connectivity index (χ1n) is 10.8. The quantitative estimate of drug-likeness (QED) is 0.384. The highest BCUT2D eigenvalue weighted by Gasteiger charge is 2.56. The van der Waals surface area contributed by atoms with E-state index >= 15 is 0 Å². The number of methoxy groups -OCH3 is 1. The molecule has 0 unspecified atom stereocenters. The SMILES string of the molecule is COc1cc2ncnc(Oc3ccc(NC(=O)C4(C(=O)Nc5ccc(F)cc5)CC4)cc3)c2cn1. The molecule has 1 fully saturated rings. The molecular weight excluding hydrogens is 453 g/mol. The Kier molecular flexibility index (Phi) is 5.69. The van der Waals surface area contributed by atoms with Crippen LogP contribution in [0.3, 0.4) is 0 Å². The molecule has 0 radical (unpaired) electrons. The fourth-order valence-electron chi connectivity index (χ4n) is 3.54. The monoisotopic (exact) mass is 473 g/mol. The van der Waals surface area contributed by atoms with Gasteiger partial charge in [-0.2, -0.15) is 0 Å². The predicted molar refractivity (Wildman–Crippen MR) is 126 cm³/mol. The molecule has 0 atom stereocenters. The Labute approximate surface area is 199 Å². The van der Waals surface area contributed by atoms with Crippen molar-refractivity contribution in [2.45, 2.75) is 12.8 Å². The molecule has 1 aliphatic carbocycles. The standard InChI is InChI=1S/C25H20FN5O4/c1-34-21-12-20-19(13-27-21)22(29-14-28-20)35-18-8-6-17(7-9-18)31-24(33)25(10-11-25)23(32)30-16-4-2-15(26)3-5-16/h2-9,12-14H,10-11H2,1H3,(H,30,32)(H,31,33). The maximum absolute atomic E-state index is 13.1. The van der Waals surface area contributed by atoms with Crippen LogP contribution in [0.2, 0.25) is 0 Å². The topological polar surface area (TPSA) is 115 Å². The Morgan fingerprint density at radius 1 is 0.914 bits per heavy atom. The highest BCUT2D eigenvalue weighted by Crippen LogP contribution is 2.47. The molecule has 0 saturated heterocycles. The number of fused-ring (bicyclic) bond motifs is 1. The van der Waals surface area contributed by atoms with E-state index in [0.717, 1.165) is 0 Å². The molecule has 2 amide bonds. The highest BCUT2D eigenvalue weighted by molar-refractivity contribution is 6.16. The van der Waals surface area contributed by atoms with E-state index in [1.54, 1.807) is 36.5 Å². The second-order valence-corrected chi connectivity index (χ2v) is 8.05. The summed E-state index contributed by atoms with van der Waals surface area (Å²) in [5, 5.41) is 6.09. The summed E-state index contributed by atoms with van der Waals surface area (Å²) >= 11 is 0. The van der Waals surface area contributed by atoms with Crippen molar-refractivity contribution >= 4 is 34.1 Å². The van der Waals surface area contributed by atoms with E-state index in [0.29, 0.717) is 52.6 Å². The van der Waals surface area contributed by atoms with Crippen molar-refractivity contribution in [2.75, 3.05) is 17.7 Å². The first-order valence-corrected chi connectivity index (χ1v) is 10.8. The van der Waals surface area contributed by atoms with E-state index in [1.807, 2.05) is 0 Å². The van der Waals surface area contributed by atoms with Gasteiger partial charge in [-0.1, -0.05) is 0 Å². The maximum atomic E-state index is 13.1. The summed E-state index contributed by atoms with van der Waals surface area (Å²) in [6.07, 6.45) is 3.83. The van der Waals surface area contributed by atoms with Crippen molar-refractivity contribution < 1.29 is 23.5 Å². The number of pyridine rings is 1. The lowest BCUT2D eigenvalue weighted by Crippen LogP contribution is -2.35. The first kappa shape index (κ1) is 22.2. The number of carbonyl (C=O) groups excluding carboxylic acids is 2. The zero-order valence-electron chi connectivity index (χ0n) is 18.6. The van der Waals surface area contributed by atoms with Gasteiger partial charge < -0.3 is 20.1 Å². The number of anilines is 2. The van der Waals surface area contributed by atoms with E-state index < -0.39 is 23.0 Å². The van der Waals surface area contributed by atoms with Crippen LogP contribution < -0.4 is 20.1 Å². The van der Waals surface area contributed by atoms with E-state index in [-0.39, 0.29) is 0 Å². The van der Waals surface area contributed by atoms with Gasteiger partial charge in [-0.05, 0) is 61.4 Å². The first-order chi connectivity index (χ1) is 17.0. The average Bonchev–Trinajstić information content (AvgIpc) is 3.69. The van der Waals surface area contributed by atoms with E-state index in [2.05, 4.69) is 25.6 Å². The lowest BCUT2D eigenvalue weighted by atomic mass is 10.0. The van der Waals surface area contributed by atoms with Crippen LogP contribution in [0, 0.1) is 11.2 Å². The Morgan fingerprint density at radius 3 is 2.14 bits per heavy atom. The maximum Gasteiger partial charge on any atom is 0.240 e. The van der Waals surface area contributed by atoms with Crippen molar-refractivity contribution in [1.82, 2.24) is 15.0 Å². The van der Waals surface area contributed by atoms with Crippen LogP contribution in [0.1, 0.15) is 12.8 Å². The van der Waals surface area contributed by atoms with Gasteiger partial charge in [0.1, 0.15) is 23.3 Å². The third kappa shape index (κ3) is 4.58. The highest BCUT2D eigenvalue weighted by atomic mass is 19.1. The Bertz CT molecular complexity index is 1410. The molecule has 9 nitrogen and oxygen atoms in total. The number of benzene rings is 2. The van der Waals surface area contributed by atoms with Crippen LogP contribution in [0.5, 0.6) is 17.5 Å². The van der Waals surface area contributed by atoms with Crippen LogP contribution in [-0.2, 0) is 9.59 Å². The van der Waals surface area contributed by atoms with Crippen molar-refractivity contribution in [3.63, 3.8) is 0 Å². The van der Waals surface area contributed by atoms with Gasteiger partial charge in [0.2, 0.25) is 23.6 Å². The largest absolute Gasteiger partial charge is 0.481 e. The van der Waals surface area contributed by atoms with Crippen LogP contribution in [-0.4, -0.2) is 33.9 Å². The lowest BCUT2D eigenvalue weighted by Gasteiger charge is -2.16. The number of hydrogen-bond acceptors (Lipinski definition) is 7. The normalized spacial score (nSPS) is 13.7. The number of amides is 2. The van der Waals surface area contributed by atoms with Crippen LogP contribution in [0.15, 0.2) is 67.1 Å². The van der Waals surface area contributed by atoms with Gasteiger partial charge in [0, 0.05) is 23.6 Å². The Balaban J connectivity index is 1.25. The van der Waals surface area contributed by atoms with Crippen molar-refractivity contribution in [2.24, 2.45) is 5.41 Å². The second-order valence-electron chi connectivity index (χ2n) is 8.05. The molecule has 2 heterocycles. The molecule has 10 heteroatoms. The molecular formula is C25H20FN5O4. The van der Waals surface area contributed by atoms with Gasteiger partial charge in [-0.15, -0.1) is 0 Å². The number of halogens is 1. The molecule has 35 heavy (non-hydrogen) atoms. The molecule has 2 aromatic carbocycles. The van der Waals surface area contributed by atoms with E-state index in [4.69, 9.17) is 9.47 Å². The summed E-state index contributed by atoms with van der Waals surface area (Å²) in [5.74, 6) is 0.0431. The van der Waals surface area contributed by atoms with Crippen LogP contribution in [0.4, 0.5) is 15.8 Å². The van der Waals surface area contributed by atoms with Gasteiger partial charge in [0.25, 0.3) is 0 Å². The predicted octanol–water partition coefficient (Wildman–Crippen LogP) is 4.32. The van der Waals surface area contributed by atoms with E-state index in [9.17, 15) is 14.0 Å². The van der Waals surface area contributed by atoms with Gasteiger partial charge in [0.05, 0.1) is 18.0 Å². The fourth-order valence-corrected chi connectivity index (χ4v) is 3.54. The average molecular weight is 473 g/mol. The zero-order valence-corrected chi connectivity index (χ0v) is 18.6. The Morgan fingerprint density at radius 2 is 1.54 bits per heavy atom. The van der Waals surface area contributed by atoms with Crippen LogP contribution >= 0.6 is 0 Å². The van der Waals surface area contributed by atoms with Crippen molar-refractivity contribution in [3.05, 3.63) is 72.9 Å². The number of carbonyl (C=O) groups is 2. The minimum Gasteiger partial charge on any atom is -0.481 e.